The molecule has 0 fully saturated rings. The van der Waals surface area contributed by atoms with Crippen LogP contribution in [0.25, 0.3) is 5.57 Å². The largest absolute Gasteiger partial charge is 0.502 e. The molecule has 0 atom stereocenters. The molecule has 0 aromatic heterocycles. The number of ether oxygens (including phenoxy) is 2. The van der Waals surface area contributed by atoms with Gasteiger partial charge in [-0.2, -0.15) is 0 Å². The van der Waals surface area contributed by atoms with E-state index in [-0.39, 0.29) is 18.7 Å². The van der Waals surface area contributed by atoms with Crippen molar-refractivity contribution < 1.29 is 24.2 Å². The van der Waals surface area contributed by atoms with Crippen LogP contribution in [-0.4, -0.2) is 41.6 Å². The average molecular weight is 381 g/mol. The topological polar surface area (TPSA) is 76.1 Å². The van der Waals surface area contributed by atoms with E-state index in [9.17, 15) is 14.7 Å². The van der Waals surface area contributed by atoms with Crippen molar-refractivity contribution >= 4 is 17.4 Å². The predicted molar refractivity (Wildman–Crippen MR) is 105 cm³/mol. The van der Waals surface area contributed by atoms with Crippen molar-refractivity contribution in [3.05, 3.63) is 64.9 Å². The molecule has 0 saturated carbocycles. The van der Waals surface area contributed by atoms with E-state index in [1.54, 1.807) is 24.3 Å². The summed E-state index contributed by atoms with van der Waals surface area (Å²) >= 11 is 0. The molecule has 0 aliphatic carbocycles. The Balaban J connectivity index is 1.68. The van der Waals surface area contributed by atoms with Crippen molar-refractivity contribution in [1.82, 2.24) is 4.90 Å². The number of benzene rings is 2. The predicted octanol–water partition coefficient (Wildman–Crippen LogP) is 3.42. The summed E-state index contributed by atoms with van der Waals surface area (Å²) in [6, 6.07) is 12.5. The summed E-state index contributed by atoms with van der Waals surface area (Å²) in [4.78, 5) is 26.0. The zero-order chi connectivity index (χ0) is 20.3. The van der Waals surface area contributed by atoms with E-state index in [1.165, 1.54) is 0 Å². The molecular formula is C22H23NO5. The minimum Gasteiger partial charge on any atom is -0.502 e. The van der Waals surface area contributed by atoms with Crippen molar-refractivity contribution in [3.8, 4) is 11.5 Å². The number of carbonyl (C=O) groups excluding carboxylic acids is 2. The molecule has 0 saturated heterocycles. The molecule has 2 amide bonds. The van der Waals surface area contributed by atoms with E-state index in [4.69, 9.17) is 9.47 Å². The van der Waals surface area contributed by atoms with Crippen LogP contribution in [0.15, 0.2) is 48.2 Å². The van der Waals surface area contributed by atoms with Gasteiger partial charge in [0.15, 0.2) is 5.76 Å². The van der Waals surface area contributed by atoms with Crippen LogP contribution in [0.5, 0.6) is 11.5 Å². The van der Waals surface area contributed by atoms with Gasteiger partial charge in [0.05, 0.1) is 18.7 Å². The zero-order valence-corrected chi connectivity index (χ0v) is 16.2. The second-order valence-corrected chi connectivity index (χ2v) is 6.61. The Bertz CT molecular complexity index is 910. The first kappa shape index (κ1) is 19.5. The maximum absolute atomic E-state index is 12.7. The summed E-state index contributed by atoms with van der Waals surface area (Å²) in [7, 11) is 0. The first-order valence-electron chi connectivity index (χ1n) is 9.14. The molecular weight excluding hydrogens is 358 g/mol. The van der Waals surface area contributed by atoms with Crippen LogP contribution in [-0.2, 0) is 9.59 Å². The summed E-state index contributed by atoms with van der Waals surface area (Å²) < 4.78 is 11.1. The summed E-state index contributed by atoms with van der Waals surface area (Å²) in [5.41, 5.74) is 2.61. The highest BCUT2D eigenvalue weighted by atomic mass is 16.5. The highest BCUT2D eigenvalue weighted by molar-refractivity contribution is 6.34. The normalized spacial score (nSPS) is 14.0. The van der Waals surface area contributed by atoms with Gasteiger partial charge in [-0.05, 0) is 61.7 Å². The Hall–Kier alpha value is -3.28. The van der Waals surface area contributed by atoms with Crippen LogP contribution in [0.1, 0.15) is 23.6 Å². The number of imide groups is 1. The van der Waals surface area contributed by atoms with Gasteiger partial charge in [0.25, 0.3) is 11.8 Å². The van der Waals surface area contributed by atoms with Crippen LogP contribution < -0.4 is 9.47 Å². The minimum atomic E-state index is -0.710. The quantitative estimate of drug-likeness (QED) is 0.744. The van der Waals surface area contributed by atoms with Gasteiger partial charge in [0, 0.05) is 0 Å². The molecule has 6 heteroatoms. The average Bonchev–Trinajstić information content (AvgIpc) is 2.85. The van der Waals surface area contributed by atoms with Gasteiger partial charge in [-0.25, -0.2) is 0 Å². The molecule has 0 spiro atoms. The van der Waals surface area contributed by atoms with Crippen molar-refractivity contribution in [2.24, 2.45) is 0 Å². The standard InChI is InChI=1S/C22H23NO5/c1-4-27-17-7-5-16(6-8-17)19-20(24)22(26)23(21(19)25)9-10-28-18-12-14(2)11-15(3)13-18/h5-8,11-13,24H,4,9-10H2,1-3H3. The molecule has 6 nitrogen and oxygen atoms in total. The molecule has 0 bridgehead atoms. The van der Waals surface area contributed by atoms with Gasteiger partial charge in [-0.15, -0.1) is 0 Å². The molecule has 146 valence electrons. The number of aliphatic hydroxyl groups excluding tert-OH is 1. The van der Waals surface area contributed by atoms with Crippen molar-refractivity contribution in [1.29, 1.82) is 0 Å². The molecule has 3 rings (SSSR count). The van der Waals surface area contributed by atoms with Crippen LogP contribution in [0.3, 0.4) is 0 Å². The van der Waals surface area contributed by atoms with Crippen LogP contribution >= 0.6 is 0 Å². The smallest absolute Gasteiger partial charge is 0.296 e. The van der Waals surface area contributed by atoms with Crippen LogP contribution in [0.2, 0.25) is 0 Å². The summed E-state index contributed by atoms with van der Waals surface area (Å²) in [5, 5.41) is 10.2. The summed E-state index contributed by atoms with van der Waals surface area (Å²) in [6.45, 7) is 6.54. The molecule has 28 heavy (non-hydrogen) atoms. The molecule has 1 N–H and O–H groups in total. The summed E-state index contributed by atoms with van der Waals surface area (Å²) in [5.74, 6) is -0.448. The molecule has 2 aromatic carbocycles. The highest BCUT2D eigenvalue weighted by Crippen LogP contribution is 2.29. The molecule has 2 aromatic rings. The maximum atomic E-state index is 12.7. The first-order valence-corrected chi connectivity index (χ1v) is 9.14. The van der Waals surface area contributed by atoms with Crippen LogP contribution in [0.4, 0.5) is 0 Å². The second kappa shape index (κ2) is 8.17. The number of carbonyl (C=O) groups is 2. The lowest BCUT2D eigenvalue weighted by Gasteiger charge is -2.15. The van der Waals surface area contributed by atoms with E-state index < -0.39 is 17.6 Å². The van der Waals surface area contributed by atoms with Gasteiger partial charge < -0.3 is 14.6 Å². The lowest BCUT2D eigenvalue weighted by molar-refractivity contribution is -0.138. The fourth-order valence-corrected chi connectivity index (χ4v) is 3.18. The molecule has 0 radical (unpaired) electrons. The van der Waals surface area contributed by atoms with E-state index in [0.717, 1.165) is 16.0 Å². The number of aliphatic hydroxyl groups is 1. The van der Waals surface area contributed by atoms with E-state index >= 15 is 0 Å². The third-order valence-electron chi connectivity index (χ3n) is 4.38. The lowest BCUT2D eigenvalue weighted by Crippen LogP contribution is -2.35. The minimum absolute atomic E-state index is 0.000511. The highest BCUT2D eigenvalue weighted by Gasteiger charge is 2.39. The molecule has 1 aliphatic heterocycles. The number of amides is 2. The second-order valence-electron chi connectivity index (χ2n) is 6.61. The Labute approximate surface area is 164 Å². The van der Waals surface area contributed by atoms with Gasteiger partial charge in [0.1, 0.15) is 18.1 Å². The molecule has 0 unspecified atom stereocenters. The Morgan fingerprint density at radius 2 is 1.54 bits per heavy atom. The number of nitrogens with zero attached hydrogens (tertiary/aromatic N) is 1. The Morgan fingerprint density at radius 3 is 2.14 bits per heavy atom. The molecule has 1 aliphatic rings. The van der Waals surface area contributed by atoms with E-state index in [0.29, 0.717) is 23.7 Å². The first-order chi connectivity index (χ1) is 13.4. The zero-order valence-electron chi connectivity index (χ0n) is 16.2. The van der Waals surface area contributed by atoms with Gasteiger partial charge in [0.2, 0.25) is 0 Å². The molecule has 1 heterocycles. The van der Waals surface area contributed by atoms with Gasteiger partial charge in [-0.1, -0.05) is 18.2 Å². The Morgan fingerprint density at radius 1 is 0.893 bits per heavy atom. The third kappa shape index (κ3) is 4.01. The number of hydrogen-bond acceptors (Lipinski definition) is 5. The van der Waals surface area contributed by atoms with E-state index in [2.05, 4.69) is 0 Å². The fourth-order valence-electron chi connectivity index (χ4n) is 3.18. The number of aryl methyl sites for hydroxylation is 2. The third-order valence-corrected chi connectivity index (χ3v) is 4.38. The number of hydrogen-bond donors (Lipinski definition) is 1. The van der Waals surface area contributed by atoms with Gasteiger partial charge in [-0.3, -0.25) is 14.5 Å². The SMILES string of the molecule is CCOc1ccc(C2=C(O)C(=O)N(CCOc3cc(C)cc(C)c3)C2=O)cc1. The maximum Gasteiger partial charge on any atom is 0.296 e. The van der Waals surface area contributed by atoms with Crippen LogP contribution in [0, 0.1) is 13.8 Å². The van der Waals surface area contributed by atoms with E-state index in [1.807, 2.05) is 39.0 Å². The summed E-state index contributed by atoms with van der Waals surface area (Å²) in [6.07, 6.45) is 0. The van der Waals surface area contributed by atoms with Gasteiger partial charge >= 0.3 is 0 Å². The van der Waals surface area contributed by atoms with Crippen molar-refractivity contribution in [3.63, 3.8) is 0 Å². The lowest BCUT2D eigenvalue weighted by atomic mass is 10.1. The number of rotatable bonds is 7. The fraction of sp³-hybridized carbons (Fsp3) is 0.273. The Kier molecular flexibility index (Phi) is 5.68. The van der Waals surface area contributed by atoms with Crippen molar-refractivity contribution in [2.75, 3.05) is 19.8 Å². The van der Waals surface area contributed by atoms with Crippen molar-refractivity contribution in [2.45, 2.75) is 20.8 Å². The monoisotopic (exact) mass is 381 g/mol.